The Bertz CT molecular complexity index is 616. The van der Waals surface area contributed by atoms with E-state index in [9.17, 15) is 0 Å². The highest BCUT2D eigenvalue weighted by molar-refractivity contribution is 5.70. The van der Waals surface area contributed by atoms with E-state index in [1.165, 1.54) is 11.1 Å². The zero-order valence-electron chi connectivity index (χ0n) is 15.7. The lowest BCUT2D eigenvalue weighted by molar-refractivity contribution is -0.0136. The molecule has 2 aromatic rings. The van der Waals surface area contributed by atoms with Crippen molar-refractivity contribution in [2.24, 2.45) is 0 Å². The Hall–Kier alpha value is -1.76. The van der Waals surface area contributed by atoms with Crippen LogP contribution in [0.4, 0.5) is 0 Å². The molecule has 1 aliphatic heterocycles. The maximum Gasteiger partial charge on any atom is 0.0724 e. The van der Waals surface area contributed by atoms with Crippen LogP contribution in [0.5, 0.6) is 0 Å². The molecule has 0 radical (unpaired) electrons. The van der Waals surface area contributed by atoms with Crippen molar-refractivity contribution in [2.45, 2.75) is 13.2 Å². The molecule has 5 nitrogen and oxygen atoms in total. The van der Waals surface area contributed by atoms with Crippen LogP contribution >= 0.6 is 0 Å². The van der Waals surface area contributed by atoms with Crippen LogP contribution in [0.3, 0.4) is 0 Å². The Kier molecular flexibility index (Phi) is 8.77. The lowest BCUT2D eigenvalue weighted by Crippen LogP contribution is -2.13. The molecule has 0 amide bonds. The number of ether oxygens (including phenoxy) is 5. The molecular formula is C22H28O5. The van der Waals surface area contributed by atoms with Crippen LogP contribution in [0.15, 0.2) is 48.5 Å². The van der Waals surface area contributed by atoms with Gasteiger partial charge in [0, 0.05) is 0 Å². The summed E-state index contributed by atoms with van der Waals surface area (Å²) < 4.78 is 28.2. The molecule has 1 heterocycles. The fraction of sp³-hybridized carbons (Fsp3) is 0.455. The van der Waals surface area contributed by atoms with Gasteiger partial charge in [0.2, 0.25) is 0 Å². The van der Waals surface area contributed by atoms with Gasteiger partial charge in [0.15, 0.2) is 0 Å². The standard InChI is InChI=1S/C22H28O5/c1-3-7-21-19(5-1)17-26-15-13-24-11-9-23-10-12-25-14-16-27-18-20-6-2-4-8-22(20)21/h1-8H,9-18H2. The third-order valence-corrected chi connectivity index (χ3v) is 4.33. The fourth-order valence-electron chi connectivity index (χ4n) is 2.96. The summed E-state index contributed by atoms with van der Waals surface area (Å²) in [6, 6.07) is 16.7. The van der Waals surface area contributed by atoms with Gasteiger partial charge in [-0.1, -0.05) is 48.5 Å². The molecule has 0 aliphatic carbocycles. The van der Waals surface area contributed by atoms with Gasteiger partial charge in [-0.3, -0.25) is 0 Å². The zero-order chi connectivity index (χ0) is 18.6. The van der Waals surface area contributed by atoms with Crippen molar-refractivity contribution in [3.63, 3.8) is 0 Å². The van der Waals surface area contributed by atoms with E-state index in [1.54, 1.807) is 0 Å². The number of rotatable bonds is 0. The summed E-state index contributed by atoms with van der Waals surface area (Å²) in [7, 11) is 0. The van der Waals surface area contributed by atoms with E-state index in [4.69, 9.17) is 23.7 Å². The lowest BCUT2D eigenvalue weighted by Gasteiger charge is -2.14. The molecule has 1 aliphatic rings. The highest BCUT2D eigenvalue weighted by atomic mass is 16.6. The van der Waals surface area contributed by atoms with Crippen molar-refractivity contribution in [1.29, 1.82) is 0 Å². The first kappa shape index (κ1) is 20.0. The van der Waals surface area contributed by atoms with Gasteiger partial charge in [-0.05, 0) is 22.3 Å². The van der Waals surface area contributed by atoms with Gasteiger partial charge >= 0.3 is 0 Å². The summed E-state index contributed by atoms with van der Waals surface area (Å²) in [6.45, 7) is 5.62. The van der Waals surface area contributed by atoms with Gasteiger partial charge in [-0.15, -0.1) is 0 Å². The van der Waals surface area contributed by atoms with Crippen molar-refractivity contribution >= 4 is 0 Å². The van der Waals surface area contributed by atoms with Crippen molar-refractivity contribution < 1.29 is 23.7 Å². The second-order valence-corrected chi connectivity index (χ2v) is 6.26. The smallest absolute Gasteiger partial charge is 0.0724 e. The summed E-state index contributed by atoms with van der Waals surface area (Å²) in [5.74, 6) is 0. The van der Waals surface area contributed by atoms with Crippen LogP contribution in [0, 0.1) is 0 Å². The molecule has 3 rings (SSSR count). The van der Waals surface area contributed by atoms with Gasteiger partial charge in [-0.25, -0.2) is 0 Å². The van der Waals surface area contributed by atoms with E-state index in [1.807, 2.05) is 12.1 Å². The van der Waals surface area contributed by atoms with Gasteiger partial charge in [0.05, 0.1) is 66.1 Å². The zero-order valence-corrected chi connectivity index (χ0v) is 15.7. The quantitative estimate of drug-likeness (QED) is 0.709. The van der Waals surface area contributed by atoms with E-state index in [0.29, 0.717) is 66.1 Å². The average molecular weight is 372 g/mol. The summed E-state index contributed by atoms with van der Waals surface area (Å²) in [4.78, 5) is 0. The van der Waals surface area contributed by atoms with Crippen molar-refractivity contribution in [3.05, 3.63) is 59.7 Å². The molecule has 2 aromatic carbocycles. The van der Waals surface area contributed by atoms with Crippen LogP contribution in [0.25, 0.3) is 11.1 Å². The predicted octanol–water partition coefficient (Wildman–Crippen LogP) is 3.45. The second-order valence-electron chi connectivity index (χ2n) is 6.26. The minimum Gasteiger partial charge on any atom is -0.377 e. The first-order valence-electron chi connectivity index (χ1n) is 9.50. The van der Waals surface area contributed by atoms with Crippen LogP contribution < -0.4 is 0 Å². The monoisotopic (exact) mass is 372 g/mol. The van der Waals surface area contributed by atoms with E-state index in [-0.39, 0.29) is 0 Å². The number of fused-ring (bicyclic) bond motifs is 3. The largest absolute Gasteiger partial charge is 0.377 e. The van der Waals surface area contributed by atoms with E-state index < -0.39 is 0 Å². The lowest BCUT2D eigenvalue weighted by atomic mass is 9.96. The Balaban J connectivity index is 1.71. The molecule has 0 fully saturated rings. The molecule has 0 atom stereocenters. The van der Waals surface area contributed by atoms with Crippen molar-refractivity contribution in [1.82, 2.24) is 0 Å². The van der Waals surface area contributed by atoms with Gasteiger partial charge in [0.25, 0.3) is 0 Å². The van der Waals surface area contributed by atoms with Crippen molar-refractivity contribution in [3.8, 4) is 11.1 Å². The third kappa shape index (κ3) is 6.72. The first-order chi connectivity index (χ1) is 13.4. The van der Waals surface area contributed by atoms with Gasteiger partial charge in [-0.2, -0.15) is 0 Å². The number of hydrogen-bond donors (Lipinski definition) is 0. The molecule has 146 valence electrons. The maximum atomic E-state index is 5.82. The minimum absolute atomic E-state index is 0.555. The average Bonchev–Trinajstić information content (AvgIpc) is 2.71. The van der Waals surface area contributed by atoms with Gasteiger partial charge in [0.1, 0.15) is 0 Å². The van der Waals surface area contributed by atoms with Crippen LogP contribution in [-0.4, -0.2) is 52.9 Å². The van der Waals surface area contributed by atoms with E-state index in [0.717, 1.165) is 11.1 Å². The predicted molar refractivity (Wildman–Crippen MR) is 104 cm³/mol. The molecule has 27 heavy (non-hydrogen) atoms. The minimum atomic E-state index is 0.555. The molecule has 5 heteroatoms. The fourth-order valence-corrected chi connectivity index (χ4v) is 2.96. The van der Waals surface area contributed by atoms with Crippen LogP contribution in [0.2, 0.25) is 0 Å². The topological polar surface area (TPSA) is 46.2 Å². The highest BCUT2D eigenvalue weighted by Crippen LogP contribution is 2.28. The van der Waals surface area contributed by atoms with Crippen LogP contribution in [-0.2, 0) is 36.9 Å². The summed E-state index contributed by atoms with van der Waals surface area (Å²) in [6.07, 6.45) is 0. The maximum absolute atomic E-state index is 5.82. The van der Waals surface area contributed by atoms with Gasteiger partial charge < -0.3 is 23.7 Å². The van der Waals surface area contributed by atoms with Crippen LogP contribution in [0.1, 0.15) is 11.1 Å². The Labute approximate surface area is 161 Å². The Morgan fingerprint density at radius 3 is 1.15 bits per heavy atom. The third-order valence-electron chi connectivity index (χ3n) is 4.33. The molecule has 0 saturated carbocycles. The number of hydrogen-bond acceptors (Lipinski definition) is 5. The second kappa shape index (κ2) is 11.8. The normalized spacial score (nSPS) is 18.4. The van der Waals surface area contributed by atoms with E-state index >= 15 is 0 Å². The summed E-state index contributed by atoms with van der Waals surface area (Å²) in [5.41, 5.74) is 4.68. The molecule has 0 spiro atoms. The summed E-state index contributed by atoms with van der Waals surface area (Å²) in [5, 5.41) is 0. The molecule has 0 aromatic heterocycles. The molecule has 0 bridgehead atoms. The molecule has 0 unspecified atom stereocenters. The molecular weight excluding hydrogens is 344 g/mol. The Morgan fingerprint density at radius 1 is 0.407 bits per heavy atom. The SMILES string of the molecule is c1ccc2c(c1)COCCOCCOCCOCCOCc1ccccc1-2. The van der Waals surface area contributed by atoms with E-state index in [2.05, 4.69) is 36.4 Å². The highest BCUT2D eigenvalue weighted by Gasteiger charge is 2.09. The Morgan fingerprint density at radius 2 is 0.741 bits per heavy atom. The first-order valence-corrected chi connectivity index (χ1v) is 9.50. The number of benzene rings is 2. The molecule has 0 saturated heterocycles. The molecule has 0 N–H and O–H groups in total. The summed E-state index contributed by atoms with van der Waals surface area (Å²) >= 11 is 0. The van der Waals surface area contributed by atoms with Crippen molar-refractivity contribution in [2.75, 3.05) is 52.9 Å².